The molecule has 1 saturated carbocycles. The van der Waals surface area contributed by atoms with E-state index >= 15 is 0 Å². The monoisotopic (exact) mass is 440 g/mol. The second-order valence-electron chi connectivity index (χ2n) is 8.14. The first kappa shape index (κ1) is 18.7. The zero-order valence-corrected chi connectivity index (χ0v) is 17.2. The fraction of sp³-hybridized carbons (Fsp3) is 0.318. The fourth-order valence-corrected chi connectivity index (χ4v) is 5.31. The molecule has 1 fully saturated rings. The SMILES string of the molecule is O=c1n2c(nn1[C@H]1C[C@H](Oc3cccc4cnsc34)C1)CC[C@H]2c1cc(F)cc(F)c1. The molecule has 0 saturated heterocycles. The molecule has 2 aromatic carbocycles. The number of fused-ring (bicyclic) bond motifs is 2. The fourth-order valence-electron chi connectivity index (χ4n) is 4.61. The van der Waals surface area contributed by atoms with Gasteiger partial charge in [-0.05, 0) is 41.7 Å². The van der Waals surface area contributed by atoms with Crippen molar-refractivity contribution in [2.75, 3.05) is 0 Å². The van der Waals surface area contributed by atoms with Gasteiger partial charge >= 0.3 is 5.69 Å². The molecule has 0 N–H and O–H groups in total. The number of hydrogen-bond donors (Lipinski definition) is 0. The summed E-state index contributed by atoms with van der Waals surface area (Å²) in [6, 6.07) is 8.88. The lowest BCUT2D eigenvalue weighted by Crippen LogP contribution is -2.41. The average Bonchev–Trinajstić information content (AvgIpc) is 3.40. The molecule has 0 spiro atoms. The van der Waals surface area contributed by atoms with Crippen molar-refractivity contribution in [2.45, 2.75) is 43.9 Å². The first-order valence-electron chi connectivity index (χ1n) is 10.2. The van der Waals surface area contributed by atoms with Gasteiger partial charge in [0.25, 0.3) is 0 Å². The van der Waals surface area contributed by atoms with Crippen molar-refractivity contribution in [3.05, 3.63) is 76.1 Å². The van der Waals surface area contributed by atoms with Gasteiger partial charge in [-0.3, -0.25) is 4.57 Å². The topological polar surface area (TPSA) is 61.9 Å². The minimum absolute atomic E-state index is 0.00857. The highest BCUT2D eigenvalue weighted by Gasteiger charge is 2.38. The van der Waals surface area contributed by atoms with Gasteiger partial charge < -0.3 is 4.74 Å². The Morgan fingerprint density at radius 2 is 1.94 bits per heavy atom. The summed E-state index contributed by atoms with van der Waals surface area (Å²) in [4.78, 5) is 13.1. The minimum Gasteiger partial charge on any atom is -0.489 e. The Hall–Kier alpha value is -3.07. The van der Waals surface area contributed by atoms with E-state index in [0.29, 0.717) is 37.1 Å². The summed E-state index contributed by atoms with van der Waals surface area (Å²) in [6.45, 7) is 0. The van der Waals surface area contributed by atoms with Crippen molar-refractivity contribution < 1.29 is 13.5 Å². The van der Waals surface area contributed by atoms with E-state index in [-0.39, 0.29) is 17.8 Å². The van der Waals surface area contributed by atoms with E-state index in [9.17, 15) is 13.6 Å². The summed E-state index contributed by atoms with van der Waals surface area (Å²) >= 11 is 1.41. The van der Waals surface area contributed by atoms with E-state index in [4.69, 9.17) is 4.74 Å². The Morgan fingerprint density at radius 1 is 1.13 bits per heavy atom. The van der Waals surface area contributed by atoms with Crippen LogP contribution in [0.2, 0.25) is 0 Å². The van der Waals surface area contributed by atoms with Crippen LogP contribution in [0.5, 0.6) is 5.75 Å². The molecule has 1 aliphatic carbocycles. The molecule has 158 valence electrons. The maximum Gasteiger partial charge on any atom is 0.346 e. The summed E-state index contributed by atoms with van der Waals surface area (Å²) in [5.41, 5.74) is 0.237. The predicted octanol–water partition coefficient (Wildman–Crippen LogP) is 4.25. The maximum atomic E-state index is 13.7. The van der Waals surface area contributed by atoms with Gasteiger partial charge in [-0.25, -0.2) is 18.3 Å². The molecular weight excluding hydrogens is 422 g/mol. The second kappa shape index (κ2) is 6.98. The van der Waals surface area contributed by atoms with Crippen LogP contribution in [0.25, 0.3) is 10.1 Å². The van der Waals surface area contributed by atoms with Crippen LogP contribution in [0.3, 0.4) is 0 Å². The summed E-state index contributed by atoms with van der Waals surface area (Å²) in [7, 11) is 0. The number of aromatic nitrogens is 4. The van der Waals surface area contributed by atoms with Crippen LogP contribution in [-0.4, -0.2) is 24.8 Å². The highest BCUT2D eigenvalue weighted by Crippen LogP contribution is 2.38. The summed E-state index contributed by atoms with van der Waals surface area (Å²) in [6.07, 6.45) is 4.41. The molecular formula is C22H18F2N4O2S. The Kier molecular flexibility index (Phi) is 4.21. The van der Waals surface area contributed by atoms with E-state index in [1.165, 1.54) is 28.3 Å². The predicted molar refractivity (Wildman–Crippen MR) is 112 cm³/mol. The molecule has 0 radical (unpaired) electrons. The first-order valence-corrected chi connectivity index (χ1v) is 11.0. The number of halogens is 2. The number of nitrogens with zero attached hydrogens (tertiary/aromatic N) is 4. The van der Waals surface area contributed by atoms with Crippen molar-refractivity contribution in [1.29, 1.82) is 0 Å². The lowest BCUT2D eigenvalue weighted by atomic mass is 9.89. The zero-order valence-electron chi connectivity index (χ0n) is 16.4. The number of benzene rings is 2. The molecule has 6 nitrogen and oxygen atoms in total. The van der Waals surface area contributed by atoms with Crippen LogP contribution in [0, 0.1) is 11.6 Å². The van der Waals surface area contributed by atoms with Gasteiger partial charge in [0, 0.05) is 36.9 Å². The van der Waals surface area contributed by atoms with Crippen LogP contribution >= 0.6 is 11.5 Å². The van der Waals surface area contributed by atoms with Crippen LogP contribution in [0.15, 0.2) is 47.4 Å². The third-order valence-corrected chi connectivity index (χ3v) is 7.01. The van der Waals surface area contributed by atoms with Crippen LogP contribution in [-0.2, 0) is 6.42 Å². The van der Waals surface area contributed by atoms with Gasteiger partial charge in [-0.1, -0.05) is 12.1 Å². The molecule has 6 rings (SSSR count). The Balaban J connectivity index is 1.21. The van der Waals surface area contributed by atoms with Gasteiger partial charge in [-0.2, -0.15) is 9.47 Å². The van der Waals surface area contributed by atoms with Crippen LogP contribution < -0.4 is 10.4 Å². The second-order valence-corrected chi connectivity index (χ2v) is 8.94. The molecule has 4 aromatic rings. The van der Waals surface area contributed by atoms with Crippen molar-refractivity contribution in [1.82, 2.24) is 18.7 Å². The molecule has 1 aliphatic heterocycles. The standard InChI is InChI=1S/C22H18F2N4O2S/c23-14-6-13(7-15(24)8-14)18-4-5-20-26-28(22(29)27(18)20)16-9-17(10-16)30-19-3-1-2-12-11-25-31-21(12)19/h1-3,6-8,11,16-18H,4-5,9-10H2/t16-,17-,18-/m0/s1. The van der Waals surface area contributed by atoms with E-state index < -0.39 is 17.7 Å². The van der Waals surface area contributed by atoms with Crippen molar-refractivity contribution in [3.63, 3.8) is 0 Å². The van der Waals surface area contributed by atoms with E-state index in [1.54, 1.807) is 4.57 Å². The van der Waals surface area contributed by atoms with E-state index in [0.717, 1.165) is 21.9 Å². The molecule has 9 heteroatoms. The lowest BCUT2D eigenvalue weighted by molar-refractivity contribution is 0.0637. The summed E-state index contributed by atoms with van der Waals surface area (Å²) < 4.78 is 41.9. The van der Waals surface area contributed by atoms with Crippen molar-refractivity contribution >= 4 is 21.6 Å². The number of ether oxygens (including phenoxy) is 1. The number of rotatable bonds is 4. The highest BCUT2D eigenvalue weighted by atomic mass is 32.1. The van der Waals surface area contributed by atoms with Gasteiger partial charge in [0.15, 0.2) is 0 Å². The largest absolute Gasteiger partial charge is 0.489 e. The molecule has 31 heavy (non-hydrogen) atoms. The van der Waals surface area contributed by atoms with Gasteiger partial charge in [0.05, 0.1) is 16.8 Å². The summed E-state index contributed by atoms with van der Waals surface area (Å²) in [5, 5.41) is 5.59. The highest BCUT2D eigenvalue weighted by molar-refractivity contribution is 7.13. The molecule has 1 atom stereocenters. The van der Waals surface area contributed by atoms with Crippen LogP contribution in [0.1, 0.15) is 42.7 Å². The molecule has 0 bridgehead atoms. The van der Waals surface area contributed by atoms with Gasteiger partial charge in [0.1, 0.15) is 29.3 Å². The van der Waals surface area contributed by atoms with Gasteiger partial charge in [-0.15, -0.1) is 0 Å². The molecule has 3 heterocycles. The maximum absolute atomic E-state index is 13.7. The minimum atomic E-state index is -0.640. The molecule has 0 unspecified atom stereocenters. The van der Waals surface area contributed by atoms with E-state index in [2.05, 4.69) is 9.47 Å². The van der Waals surface area contributed by atoms with Crippen LogP contribution in [0.4, 0.5) is 8.78 Å². The van der Waals surface area contributed by atoms with E-state index in [1.807, 2.05) is 24.4 Å². The smallest absolute Gasteiger partial charge is 0.346 e. The number of hydrogen-bond acceptors (Lipinski definition) is 5. The number of aryl methyl sites for hydroxylation is 1. The average molecular weight is 440 g/mol. The quantitative estimate of drug-likeness (QED) is 0.476. The third kappa shape index (κ3) is 3.06. The van der Waals surface area contributed by atoms with Crippen molar-refractivity contribution in [3.8, 4) is 5.75 Å². The van der Waals surface area contributed by atoms with Crippen molar-refractivity contribution in [2.24, 2.45) is 0 Å². The summed E-state index contributed by atoms with van der Waals surface area (Å²) in [5.74, 6) is 0.201. The Labute approximate surface area is 179 Å². The molecule has 2 aliphatic rings. The first-order chi connectivity index (χ1) is 15.1. The van der Waals surface area contributed by atoms with Gasteiger partial charge in [0.2, 0.25) is 0 Å². The molecule has 2 aromatic heterocycles. The zero-order chi connectivity index (χ0) is 21.1. The third-order valence-electron chi connectivity index (χ3n) is 6.18. The lowest BCUT2D eigenvalue weighted by Gasteiger charge is -2.34. The normalized spacial score (nSPS) is 22.5. The Morgan fingerprint density at radius 3 is 2.74 bits per heavy atom. The Bertz CT molecular complexity index is 1340. The molecule has 0 amide bonds.